The SMILES string of the molecule is Cc1cccc(-c2ccc[c-]c2-c2ncc(-c3c(C)cccc3C)[nH]2)c1.Fc1c[c-]c(-c2ccccn2)c(F)c1.Fc1c[c-]c(-c2ccccn2)c(F)c1.Fc1c[c-]c(-c2ccccn2)c(F)c1.Fc1ccc(-c2[c-]cccc2)nc1.[Ir].[Ir].[Ir].[Ir].[Ir].[Ir].[c-]1ccccc1N1[CH-]Nc2ccccc21.c1ccc(C2N=NN=N2)nc1. The number of imidazole rings is 1. The number of benzene rings is 9. The molecule has 6 aromatic heterocycles. The van der Waals surface area contributed by atoms with Crippen LogP contribution in [0.4, 0.5) is 47.8 Å². The Hall–Kier alpha value is -9.85. The van der Waals surface area contributed by atoms with E-state index >= 15 is 0 Å². The van der Waals surface area contributed by atoms with E-state index in [1.165, 1.54) is 45.8 Å². The van der Waals surface area contributed by atoms with Crippen LogP contribution in [0.2, 0.25) is 0 Å². The molecule has 0 saturated heterocycles. The van der Waals surface area contributed by atoms with Crippen molar-refractivity contribution in [3.63, 3.8) is 0 Å². The first kappa shape index (κ1) is 93.7. The van der Waals surface area contributed by atoms with Crippen molar-refractivity contribution in [2.45, 2.75) is 26.9 Å². The van der Waals surface area contributed by atoms with Crippen molar-refractivity contribution in [1.29, 1.82) is 0 Å². The number of fused-ring (bicyclic) bond motifs is 1. The molecule has 0 atom stereocenters. The van der Waals surface area contributed by atoms with Crippen molar-refractivity contribution in [2.75, 3.05) is 10.2 Å². The van der Waals surface area contributed by atoms with Crippen LogP contribution in [0.25, 0.3) is 78.8 Å². The molecule has 0 amide bonds. The smallest absolute Gasteiger partial charge is 0.226 e. The zero-order valence-electron chi connectivity index (χ0n) is 59.4. The maximum atomic E-state index is 13.2. The summed E-state index contributed by atoms with van der Waals surface area (Å²) in [6, 6.07) is 91.4. The van der Waals surface area contributed by atoms with Gasteiger partial charge in [-0.1, -0.05) is 155 Å². The average Bonchev–Trinajstić information content (AvgIpc) is 1.65. The molecule has 6 radical (unpaired) electrons. The van der Waals surface area contributed by atoms with Gasteiger partial charge in [-0.2, -0.15) is 37.0 Å². The van der Waals surface area contributed by atoms with Crippen LogP contribution in [-0.4, -0.2) is 34.9 Å². The Labute approximate surface area is 731 Å². The van der Waals surface area contributed by atoms with Crippen LogP contribution < -0.4 is 10.2 Å². The van der Waals surface area contributed by atoms with Crippen LogP contribution >= 0.6 is 0 Å². The number of rotatable bonds is 9. The summed E-state index contributed by atoms with van der Waals surface area (Å²) in [5.41, 5.74) is 17.0. The van der Waals surface area contributed by atoms with E-state index in [0.717, 1.165) is 87.4 Å². The molecular weight excluding hydrogens is 2510 g/mol. The van der Waals surface area contributed by atoms with E-state index in [1.54, 1.807) is 91.5 Å². The Kier molecular flexibility index (Phi) is 40.0. The van der Waals surface area contributed by atoms with Gasteiger partial charge in [0.2, 0.25) is 6.17 Å². The fourth-order valence-electron chi connectivity index (χ4n) is 10.6. The van der Waals surface area contributed by atoms with Gasteiger partial charge in [-0.15, -0.1) is 118 Å². The van der Waals surface area contributed by atoms with Crippen LogP contribution in [0.15, 0.2) is 313 Å². The Bertz CT molecular complexity index is 5170. The molecule has 13 nitrogen and oxygen atoms in total. The van der Waals surface area contributed by atoms with Crippen molar-refractivity contribution in [3.05, 3.63) is 398 Å². The van der Waals surface area contributed by atoms with Crippen LogP contribution in [-0.2, 0) is 121 Å². The molecular formula is C87H61F7Ir6N13-7. The fraction of sp³-hybridized carbons (Fsp3) is 0.0460. The minimum absolute atomic E-state index is 0. The van der Waals surface area contributed by atoms with E-state index in [2.05, 4.69) is 184 Å². The molecule has 8 heterocycles. The molecule has 0 fully saturated rings. The number of halogens is 7. The second-order valence-electron chi connectivity index (χ2n) is 23.1. The summed E-state index contributed by atoms with van der Waals surface area (Å²) in [5, 5.41) is 17.5. The van der Waals surface area contributed by atoms with Gasteiger partial charge in [-0.3, -0.25) is 36.3 Å². The number of nitrogens with one attached hydrogen (secondary N) is 2. The Morgan fingerprint density at radius 2 is 0.912 bits per heavy atom. The maximum Gasteiger partial charge on any atom is 0.226 e. The third kappa shape index (κ3) is 27.2. The number of hydrogen-bond donors (Lipinski definition) is 2. The third-order valence-electron chi connectivity index (χ3n) is 15.6. The van der Waals surface area contributed by atoms with Crippen molar-refractivity contribution in [1.82, 2.24) is 34.9 Å². The zero-order chi connectivity index (χ0) is 74.7. The van der Waals surface area contributed by atoms with Gasteiger partial charge in [0.05, 0.1) is 23.4 Å². The summed E-state index contributed by atoms with van der Waals surface area (Å²) >= 11 is 0. The standard InChI is InChI=1S/C24H21N2.C13H10N2.3C11H6F2N.C11H7FN.C6H5N5.6Ir/c1-16-8-6-11-19(14-16)20-12-4-5-13-21(20)24-25-15-22(26-24)23-17(2)9-7-10-18(23)3;1-2-6-11(7-3-1)15-10-14-12-8-4-5-9-13(12)15;3*12-8-4-5-9(10(13)7-8)11-3-1-2-6-14-11;12-10-6-7-11(13-8-10)9-4-2-1-3-5-9;1-2-4-7-5(3-1)6-8-10-11-9-6;;;;;;/h4-12,14-15H,1-3H3,(H,25,26);1-6,8-10,14H;3*1-4,6-7H;1-4,6-8H;1-4,6H;;;;;;/q-1;-2;4*-1;;;;;;;. The van der Waals surface area contributed by atoms with E-state index in [9.17, 15) is 30.7 Å². The van der Waals surface area contributed by atoms with E-state index in [4.69, 9.17) is 0 Å². The number of aromatic amines is 1. The van der Waals surface area contributed by atoms with Gasteiger partial charge in [0.1, 0.15) is 5.82 Å². The fourth-order valence-corrected chi connectivity index (χ4v) is 10.6. The number of anilines is 3. The molecule has 2 aliphatic rings. The van der Waals surface area contributed by atoms with Gasteiger partial charge in [-0.05, 0) is 114 Å². The molecule has 2 aliphatic heterocycles. The van der Waals surface area contributed by atoms with E-state index in [1.807, 2.05) is 97.8 Å². The van der Waals surface area contributed by atoms with Crippen molar-refractivity contribution >= 4 is 17.1 Å². The predicted molar refractivity (Wildman–Crippen MR) is 400 cm³/mol. The molecule has 0 unspecified atom stereocenters. The number of hydrogen-bond acceptors (Lipinski definition) is 12. The number of aryl methyl sites for hydroxylation is 3. The first-order valence-corrected chi connectivity index (χ1v) is 33.0. The second-order valence-corrected chi connectivity index (χ2v) is 23.1. The van der Waals surface area contributed by atoms with E-state index in [0.29, 0.717) is 17.1 Å². The van der Waals surface area contributed by atoms with E-state index < -0.39 is 34.9 Å². The second kappa shape index (κ2) is 48.3. The Morgan fingerprint density at radius 3 is 1.40 bits per heavy atom. The monoisotopic (exact) mass is 2580 g/mol. The molecule has 0 saturated carbocycles. The van der Waals surface area contributed by atoms with Gasteiger partial charge >= 0.3 is 0 Å². The van der Waals surface area contributed by atoms with Crippen molar-refractivity contribution in [2.24, 2.45) is 20.7 Å². The number of aromatic nitrogens is 7. The van der Waals surface area contributed by atoms with Gasteiger partial charge < -0.3 is 35.1 Å². The maximum absolute atomic E-state index is 13.2. The number of pyridine rings is 5. The number of H-pyrrole nitrogens is 1. The van der Waals surface area contributed by atoms with Crippen molar-refractivity contribution < 1.29 is 151 Å². The normalized spacial score (nSPS) is 10.8. The Morgan fingerprint density at radius 1 is 0.398 bits per heavy atom. The largest absolute Gasteiger partial charge is 0.514 e. The van der Waals surface area contributed by atoms with Crippen molar-refractivity contribution in [3.8, 4) is 78.8 Å². The summed E-state index contributed by atoms with van der Waals surface area (Å²) in [5.74, 6) is -3.33. The molecule has 17 rings (SSSR count). The molecule has 0 spiro atoms. The van der Waals surface area contributed by atoms with Crippen LogP contribution in [0.5, 0.6) is 0 Å². The molecule has 0 aliphatic carbocycles. The van der Waals surface area contributed by atoms with Gasteiger partial charge in [-0.25, -0.2) is 4.39 Å². The number of nitrogens with zero attached hydrogens (tertiary/aromatic N) is 11. The zero-order valence-corrected chi connectivity index (χ0v) is 73.8. The summed E-state index contributed by atoms with van der Waals surface area (Å²) in [7, 11) is 0. The minimum Gasteiger partial charge on any atom is -0.514 e. The molecule has 584 valence electrons. The average molecular weight is 2570 g/mol. The van der Waals surface area contributed by atoms with Crippen LogP contribution in [0.1, 0.15) is 28.6 Å². The summed E-state index contributed by atoms with van der Waals surface area (Å²) < 4.78 is 89.9. The minimum atomic E-state index is -0.649. The first-order valence-electron chi connectivity index (χ1n) is 33.0. The quantitative estimate of drug-likeness (QED) is 0.107. The first-order chi connectivity index (χ1) is 52.2. The number of para-hydroxylation sites is 3. The molecule has 2 N–H and O–H groups in total. The van der Waals surface area contributed by atoms with Crippen LogP contribution in [0.3, 0.4) is 0 Å². The van der Waals surface area contributed by atoms with E-state index in [-0.39, 0.29) is 149 Å². The van der Waals surface area contributed by atoms with Gasteiger partial charge in [0, 0.05) is 203 Å². The van der Waals surface area contributed by atoms with Gasteiger partial charge in [0.15, 0.2) is 0 Å². The molecule has 9 aromatic carbocycles. The topological polar surface area (TPSA) is 158 Å². The molecule has 15 aromatic rings. The summed E-state index contributed by atoms with van der Waals surface area (Å²) in [4.78, 5) is 30.1. The summed E-state index contributed by atoms with van der Waals surface area (Å²) in [6.07, 6.45) is 9.14. The third-order valence-corrected chi connectivity index (χ3v) is 15.6. The predicted octanol–water partition coefficient (Wildman–Crippen LogP) is 22.4. The Balaban J connectivity index is 0.000000238. The molecule has 26 heteroatoms. The van der Waals surface area contributed by atoms with Gasteiger partial charge in [0.25, 0.3) is 0 Å². The van der Waals surface area contributed by atoms with Crippen LogP contribution in [0, 0.1) is 105 Å². The summed E-state index contributed by atoms with van der Waals surface area (Å²) in [6.45, 7) is 8.34. The molecule has 0 bridgehead atoms. The molecule has 113 heavy (non-hydrogen) atoms.